The van der Waals surface area contributed by atoms with E-state index in [9.17, 15) is 14.3 Å². The zero-order valence-corrected chi connectivity index (χ0v) is 13.0. The van der Waals surface area contributed by atoms with E-state index in [4.69, 9.17) is 12.2 Å². The summed E-state index contributed by atoms with van der Waals surface area (Å²) in [4.78, 5) is 12.3. The number of aromatic hydroxyl groups is 1. The molecule has 2 aromatic carbocycles. The van der Waals surface area contributed by atoms with Crippen molar-refractivity contribution in [2.75, 3.05) is 5.43 Å². The Hall–Kier alpha value is -2.73. The van der Waals surface area contributed by atoms with Gasteiger partial charge in [-0.2, -0.15) is 0 Å². The molecule has 2 N–H and O–H groups in total. The van der Waals surface area contributed by atoms with Crippen molar-refractivity contribution in [3.8, 4) is 5.75 Å². The van der Waals surface area contributed by atoms with Gasteiger partial charge in [0, 0.05) is 11.5 Å². The minimum Gasteiger partial charge on any atom is -0.508 e. The highest BCUT2D eigenvalue weighted by atomic mass is 32.1. The molecule has 1 heterocycles. The fourth-order valence-electron chi connectivity index (χ4n) is 2.41. The molecule has 0 aliphatic heterocycles. The lowest BCUT2D eigenvalue weighted by atomic mass is 10.1. The lowest BCUT2D eigenvalue weighted by Crippen LogP contribution is -2.25. The monoisotopic (exact) mass is 328 g/mol. The molecule has 1 aromatic heterocycles. The van der Waals surface area contributed by atoms with Crippen LogP contribution < -0.4 is 5.43 Å². The van der Waals surface area contributed by atoms with Gasteiger partial charge in [-0.3, -0.25) is 10.2 Å². The first-order chi connectivity index (χ1) is 11.0. The summed E-state index contributed by atoms with van der Waals surface area (Å²) in [7, 11) is 0. The van der Waals surface area contributed by atoms with E-state index in [0.717, 1.165) is 10.9 Å². The number of hydrogen-bond donors (Lipinski definition) is 2. The highest BCUT2D eigenvalue weighted by Crippen LogP contribution is 2.23. The van der Waals surface area contributed by atoms with E-state index < -0.39 is 11.7 Å². The second-order valence-electron chi connectivity index (χ2n) is 5.12. The number of halogens is 1. The van der Waals surface area contributed by atoms with Crippen molar-refractivity contribution >= 4 is 29.0 Å². The number of rotatable bonds is 2. The molecule has 0 bridgehead atoms. The van der Waals surface area contributed by atoms with Crippen molar-refractivity contribution in [2.24, 2.45) is 0 Å². The maximum absolute atomic E-state index is 13.7. The number of aromatic nitrogens is 1. The number of nitrogens with one attached hydrogen (secondary N) is 1. The van der Waals surface area contributed by atoms with E-state index in [1.54, 1.807) is 24.3 Å². The van der Waals surface area contributed by atoms with Gasteiger partial charge in [0.2, 0.25) is 0 Å². The quantitative estimate of drug-likeness (QED) is 0.701. The minimum absolute atomic E-state index is 0.0476. The van der Waals surface area contributed by atoms with E-state index in [2.05, 4.69) is 5.43 Å². The van der Waals surface area contributed by atoms with Crippen LogP contribution in [0.5, 0.6) is 5.75 Å². The number of nitrogens with zero attached hydrogens (tertiary/aromatic N) is 1. The fourth-order valence-corrected chi connectivity index (χ4v) is 2.73. The first-order valence-corrected chi connectivity index (χ1v) is 7.29. The summed E-state index contributed by atoms with van der Waals surface area (Å²) in [6.45, 7) is 1.89. The third-order valence-electron chi connectivity index (χ3n) is 3.54. The van der Waals surface area contributed by atoms with Crippen LogP contribution >= 0.6 is 12.2 Å². The van der Waals surface area contributed by atoms with Crippen LogP contribution in [0.25, 0.3) is 10.9 Å². The summed E-state index contributed by atoms with van der Waals surface area (Å²) in [6.07, 6.45) is 0. The molecule has 0 atom stereocenters. The van der Waals surface area contributed by atoms with Crippen molar-refractivity contribution < 1.29 is 14.3 Å². The van der Waals surface area contributed by atoms with Gasteiger partial charge in [-0.15, -0.1) is 0 Å². The smallest absolute Gasteiger partial charge is 0.273 e. The number of hydrogen-bond acceptors (Lipinski definition) is 3. The molecule has 0 saturated heterocycles. The third kappa shape index (κ3) is 2.80. The lowest BCUT2D eigenvalue weighted by Gasteiger charge is -2.15. The van der Waals surface area contributed by atoms with Crippen molar-refractivity contribution in [1.82, 2.24) is 4.68 Å². The lowest BCUT2D eigenvalue weighted by molar-refractivity contribution is 0.100. The second kappa shape index (κ2) is 5.81. The van der Waals surface area contributed by atoms with E-state index in [-0.39, 0.29) is 11.3 Å². The summed E-state index contributed by atoms with van der Waals surface area (Å²) in [5, 5.41) is 10.5. The Morgan fingerprint density at radius 2 is 1.96 bits per heavy atom. The van der Waals surface area contributed by atoms with Crippen LogP contribution in [-0.4, -0.2) is 15.7 Å². The van der Waals surface area contributed by atoms with Crippen LogP contribution in [0.15, 0.2) is 48.5 Å². The van der Waals surface area contributed by atoms with E-state index in [0.29, 0.717) is 10.2 Å². The molecule has 0 aliphatic carbocycles. The Labute approximate surface area is 136 Å². The molecule has 0 unspecified atom stereocenters. The molecule has 3 aromatic rings. The van der Waals surface area contributed by atoms with Gasteiger partial charge >= 0.3 is 0 Å². The molecule has 0 spiro atoms. The zero-order valence-electron chi connectivity index (χ0n) is 12.2. The van der Waals surface area contributed by atoms with Crippen LogP contribution in [-0.2, 0) is 0 Å². The average Bonchev–Trinajstić information content (AvgIpc) is 2.51. The van der Waals surface area contributed by atoms with Crippen molar-refractivity contribution in [3.63, 3.8) is 0 Å². The second-order valence-corrected chi connectivity index (χ2v) is 5.54. The maximum atomic E-state index is 13.7. The van der Waals surface area contributed by atoms with E-state index in [1.807, 2.05) is 6.92 Å². The van der Waals surface area contributed by atoms with Gasteiger partial charge in [-0.25, -0.2) is 9.07 Å². The number of phenolic OH excluding ortho intramolecular Hbond substituents is 1. The van der Waals surface area contributed by atoms with Crippen LogP contribution in [0, 0.1) is 17.4 Å². The van der Waals surface area contributed by atoms with Gasteiger partial charge in [0.25, 0.3) is 5.91 Å². The van der Waals surface area contributed by atoms with Gasteiger partial charge in [0.1, 0.15) is 16.2 Å². The Kier molecular flexibility index (Phi) is 3.83. The molecule has 0 fully saturated rings. The molecule has 6 heteroatoms. The molecule has 116 valence electrons. The van der Waals surface area contributed by atoms with Crippen LogP contribution in [0.4, 0.5) is 4.39 Å². The molecular formula is C17H13FN2O2S. The highest BCUT2D eigenvalue weighted by molar-refractivity contribution is 7.71. The van der Waals surface area contributed by atoms with Crippen LogP contribution in [0.2, 0.25) is 0 Å². The number of phenols is 1. The van der Waals surface area contributed by atoms with Gasteiger partial charge in [-0.05, 0) is 42.8 Å². The molecule has 0 aliphatic rings. The number of carbonyl (C=O) groups is 1. The first kappa shape index (κ1) is 15.2. The molecule has 23 heavy (non-hydrogen) atoms. The number of carbonyl (C=O) groups excluding carboxylic acids is 1. The molecule has 3 rings (SSSR count). The maximum Gasteiger partial charge on any atom is 0.273 e. The van der Waals surface area contributed by atoms with Crippen LogP contribution in [0.3, 0.4) is 0 Å². The third-order valence-corrected chi connectivity index (χ3v) is 3.84. The predicted molar refractivity (Wildman–Crippen MR) is 89.3 cm³/mol. The number of benzene rings is 2. The minimum atomic E-state index is -0.618. The predicted octanol–water partition coefficient (Wildman–Crippen LogP) is 3.91. The summed E-state index contributed by atoms with van der Waals surface area (Å²) in [6, 6.07) is 12.2. The largest absolute Gasteiger partial charge is 0.508 e. The first-order valence-electron chi connectivity index (χ1n) is 6.88. The highest BCUT2D eigenvalue weighted by Gasteiger charge is 2.13. The number of amides is 1. The number of aryl methyl sites for hydroxylation is 1. The van der Waals surface area contributed by atoms with E-state index >= 15 is 0 Å². The topological polar surface area (TPSA) is 54.3 Å². The van der Waals surface area contributed by atoms with Gasteiger partial charge in [0.05, 0.1) is 11.1 Å². The van der Waals surface area contributed by atoms with Crippen LogP contribution in [0.1, 0.15) is 15.9 Å². The van der Waals surface area contributed by atoms with Gasteiger partial charge in [-0.1, -0.05) is 24.4 Å². The summed E-state index contributed by atoms with van der Waals surface area (Å²) >= 11 is 5.28. The molecule has 1 amide bonds. The van der Waals surface area contributed by atoms with E-state index in [1.165, 1.54) is 28.9 Å². The number of pyridine rings is 1. The SMILES string of the molecule is Cc1cc(=S)n(NC(=O)c2ccccc2F)c2cc(O)ccc12. The molecular weight excluding hydrogens is 315 g/mol. The summed E-state index contributed by atoms with van der Waals surface area (Å²) < 4.78 is 15.5. The Morgan fingerprint density at radius 1 is 1.22 bits per heavy atom. The van der Waals surface area contributed by atoms with Crippen molar-refractivity contribution in [2.45, 2.75) is 6.92 Å². The number of fused-ring (bicyclic) bond motifs is 1. The Bertz CT molecular complexity index is 982. The normalized spacial score (nSPS) is 10.7. The Balaban J connectivity index is 2.13. The standard InChI is InChI=1S/C17H13FN2O2S/c1-10-8-16(23)20(15-9-11(21)6-7-12(10)15)19-17(22)13-4-2-3-5-14(13)18/h2-9,21H,1H3,(H,19,22). The van der Waals surface area contributed by atoms with Crippen molar-refractivity contribution in [3.05, 3.63) is 70.1 Å². The Morgan fingerprint density at radius 3 is 2.70 bits per heavy atom. The fraction of sp³-hybridized carbons (Fsp3) is 0.0588. The molecule has 4 nitrogen and oxygen atoms in total. The average molecular weight is 328 g/mol. The summed E-state index contributed by atoms with van der Waals surface area (Å²) in [5.74, 6) is -1.19. The van der Waals surface area contributed by atoms with Crippen molar-refractivity contribution in [1.29, 1.82) is 0 Å². The zero-order chi connectivity index (χ0) is 16.6. The molecule has 0 saturated carbocycles. The van der Waals surface area contributed by atoms with Gasteiger partial charge in [0.15, 0.2) is 0 Å². The van der Waals surface area contributed by atoms with Gasteiger partial charge < -0.3 is 5.11 Å². The molecule has 0 radical (unpaired) electrons. The summed E-state index contributed by atoms with van der Waals surface area (Å²) in [5.41, 5.74) is 3.97.